The van der Waals surface area contributed by atoms with Gasteiger partial charge in [-0.2, -0.15) is 0 Å². The Hall–Kier alpha value is -1.22. The lowest BCUT2D eigenvalue weighted by Crippen LogP contribution is -2.35. The topological polar surface area (TPSA) is 35.5 Å². The van der Waals surface area contributed by atoms with Gasteiger partial charge in [-0.1, -0.05) is 6.07 Å². The van der Waals surface area contributed by atoms with Crippen molar-refractivity contribution >= 4 is 11.4 Å². The SMILES string of the molecule is Cc1ccc2c(c1)N(CCO)CCN2. The average molecular weight is 192 g/mol. The lowest BCUT2D eigenvalue weighted by atomic mass is 10.1. The molecule has 0 atom stereocenters. The smallest absolute Gasteiger partial charge is 0.0606 e. The molecule has 0 aromatic heterocycles. The molecule has 2 rings (SSSR count). The minimum absolute atomic E-state index is 0.216. The molecule has 0 aliphatic carbocycles. The van der Waals surface area contributed by atoms with Crippen LogP contribution in [0.5, 0.6) is 0 Å². The molecule has 0 amide bonds. The minimum Gasteiger partial charge on any atom is -0.395 e. The highest BCUT2D eigenvalue weighted by atomic mass is 16.3. The highest BCUT2D eigenvalue weighted by Gasteiger charge is 2.15. The van der Waals surface area contributed by atoms with Crippen LogP contribution in [0.25, 0.3) is 0 Å². The summed E-state index contributed by atoms with van der Waals surface area (Å²) in [5, 5.41) is 12.3. The van der Waals surface area contributed by atoms with E-state index < -0.39 is 0 Å². The van der Waals surface area contributed by atoms with E-state index in [0.29, 0.717) is 0 Å². The summed E-state index contributed by atoms with van der Waals surface area (Å²) in [5.41, 5.74) is 3.65. The Morgan fingerprint density at radius 1 is 1.50 bits per heavy atom. The van der Waals surface area contributed by atoms with Gasteiger partial charge in [0.05, 0.1) is 18.0 Å². The lowest BCUT2D eigenvalue weighted by molar-refractivity contribution is 0.302. The first-order chi connectivity index (χ1) is 6.81. The Morgan fingerprint density at radius 3 is 3.14 bits per heavy atom. The first-order valence-corrected chi connectivity index (χ1v) is 5.01. The summed E-state index contributed by atoms with van der Waals surface area (Å²) in [6, 6.07) is 6.37. The van der Waals surface area contributed by atoms with Crippen LogP contribution in [-0.4, -0.2) is 31.3 Å². The maximum atomic E-state index is 8.95. The summed E-state index contributed by atoms with van der Waals surface area (Å²) >= 11 is 0. The molecule has 76 valence electrons. The molecule has 0 fully saturated rings. The number of aliphatic hydroxyl groups excluding tert-OH is 1. The van der Waals surface area contributed by atoms with Crippen molar-refractivity contribution in [3.63, 3.8) is 0 Å². The van der Waals surface area contributed by atoms with E-state index in [1.807, 2.05) is 0 Å². The first kappa shape index (κ1) is 9.34. The molecule has 0 saturated carbocycles. The van der Waals surface area contributed by atoms with E-state index in [1.54, 1.807) is 0 Å². The second-order valence-corrected chi connectivity index (χ2v) is 3.66. The molecule has 1 aromatic carbocycles. The quantitative estimate of drug-likeness (QED) is 0.739. The summed E-state index contributed by atoms with van der Waals surface area (Å²) in [6.07, 6.45) is 0. The zero-order chi connectivity index (χ0) is 9.97. The second-order valence-electron chi connectivity index (χ2n) is 3.66. The molecule has 0 bridgehead atoms. The van der Waals surface area contributed by atoms with Gasteiger partial charge in [0.2, 0.25) is 0 Å². The first-order valence-electron chi connectivity index (χ1n) is 5.01. The number of nitrogens with one attached hydrogen (secondary N) is 1. The number of aryl methyl sites for hydroxylation is 1. The fraction of sp³-hybridized carbons (Fsp3) is 0.455. The number of hydrogen-bond donors (Lipinski definition) is 2. The molecular formula is C11H16N2O. The Labute approximate surface area is 84.4 Å². The van der Waals surface area contributed by atoms with Crippen LogP contribution in [0.3, 0.4) is 0 Å². The maximum absolute atomic E-state index is 8.95. The second kappa shape index (κ2) is 3.88. The van der Waals surface area contributed by atoms with Crippen LogP contribution in [0.2, 0.25) is 0 Å². The average Bonchev–Trinajstić information content (AvgIpc) is 2.19. The lowest BCUT2D eigenvalue weighted by Gasteiger charge is -2.31. The van der Waals surface area contributed by atoms with Gasteiger partial charge in [0, 0.05) is 19.6 Å². The number of hydrogen-bond acceptors (Lipinski definition) is 3. The standard InChI is InChI=1S/C11H16N2O/c1-9-2-3-10-11(8-9)13(6-7-14)5-4-12-10/h2-3,8,12,14H,4-7H2,1H3. The van der Waals surface area contributed by atoms with Crippen LogP contribution >= 0.6 is 0 Å². The van der Waals surface area contributed by atoms with Crippen molar-refractivity contribution in [2.45, 2.75) is 6.92 Å². The van der Waals surface area contributed by atoms with Crippen LogP contribution in [0, 0.1) is 6.92 Å². The van der Waals surface area contributed by atoms with Crippen molar-refractivity contribution in [3.05, 3.63) is 23.8 Å². The zero-order valence-corrected chi connectivity index (χ0v) is 8.45. The van der Waals surface area contributed by atoms with Gasteiger partial charge < -0.3 is 15.3 Å². The summed E-state index contributed by atoms with van der Waals surface area (Å²) < 4.78 is 0. The van der Waals surface area contributed by atoms with E-state index in [0.717, 1.165) is 19.6 Å². The molecule has 2 N–H and O–H groups in total. The van der Waals surface area contributed by atoms with E-state index in [9.17, 15) is 0 Å². The molecule has 0 saturated heterocycles. The fourth-order valence-electron chi connectivity index (χ4n) is 1.85. The normalized spacial score (nSPS) is 14.9. The van der Waals surface area contributed by atoms with Crippen LogP contribution in [0.1, 0.15) is 5.56 Å². The number of aliphatic hydroxyl groups is 1. The predicted molar refractivity (Wildman–Crippen MR) is 59.0 cm³/mol. The number of β-amino-alcohol motifs (C(OH)–C–C–N with tert-alkyl or cyclic N) is 1. The third kappa shape index (κ3) is 1.68. The number of rotatable bonds is 2. The molecular weight excluding hydrogens is 176 g/mol. The van der Waals surface area contributed by atoms with Crippen molar-refractivity contribution < 1.29 is 5.11 Å². The van der Waals surface area contributed by atoms with Crippen LogP contribution < -0.4 is 10.2 Å². The third-order valence-corrected chi connectivity index (χ3v) is 2.56. The molecule has 3 heteroatoms. The highest BCUT2D eigenvalue weighted by Crippen LogP contribution is 2.29. The van der Waals surface area contributed by atoms with Gasteiger partial charge in [-0.25, -0.2) is 0 Å². The fourth-order valence-corrected chi connectivity index (χ4v) is 1.85. The Balaban J connectivity index is 2.32. The highest BCUT2D eigenvalue weighted by molar-refractivity contribution is 5.72. The molecule has 14 heavy (non-hydrogen) atoms. The molecule has 1 aliphatic rings. The molecule has 3 nitrogen and oxygen atoms in total. The summed E-state index contributed by atoms with van der Waals surface area (Å²) in [6.45, 7) is 4.95. The number of anilines is 2. The van der Waals surface area contributed by atoms with E-state index in [2.05, 4.69) is 35.3 Å². The van der Waals surface area contributed by atoms with Crippen molar-refractivity contribution in [2.75, 3.05) is 36.5 Å². The van der Waals surface area contributed by atoms with Crippen LogP contribution in [-0.2, 0) is 0 Å². The van der Waals surface area contributed by atoms with Gasteiger partial charge in [-0.05, 0) is 24.6 Å². The van der Waals surface area contributed by atoms with Crippen molar-refractivity contribution in [2.24, 2.45) is 0 Å². The van der Waals surface area contributed by atoms with Crippen molar-refractivity contribution in [3.8, 4) is 0 Å². The van der Waals surface area contributed by atoms with E-state index >= 15 is 0 Å². The van der Waals surface area contributed by atoms with Gasteiger partial charge in [-0.15, -0.1) is 0 Å². The summed E-state index contributed by atoms with van der Waals surface area (Å²) in [4.78, 5) is 2.22. The Kier molecular flexibility index (Phi) is 2.59. The zero-order valence-electron chi connectivity index (χ0n) is 8.45. The third-order valence-electron chi connectivity index (χ3n) is 2.56. The number of nitrogens with zero attached hydrogens (tertiary/aromatic N) is 1. The largest absolute Gasteiger partial charge is 0.395 e. The van der Waals surface area contributed by atoms with Crippen LogP contribution in [0.4, 0.5) is 11.4 Å². The van der Waals surface area contributed by atoms with Gasteiger partial charge in [-0.3, -0.25) is 0 Å². The number of benzene rings is 1. The number of fused-ring (bicyclic) bond motifs is 1. The van der Waals surface area contributed by atoms with Crippen molar-refractivity contribution in [1.82, 2.24) is 0 Å². The molecule has 0 radical (unpaired) electrons. The molecule has 0 unspecified atom stereocenters. The Bertz CT molecular complexity index is 325. The summed E-state index contributed by atoms with van der Waals surface area (Å²) in [5.74, 6) is 0. The summed E-state index contributed by atoms with van der Waals surface area (Å²) in [7, 11) is 0. The maximum Gasteiger partial charge on any atom is 0.0606 e. The van der Waals surface area contributed by atoms with E-state index in [4.69, 9.17) is 5.11 Å². The van der Waals surface area contributed by atoms with Gasteiger partial charge in [0.15, 0.2) is 0 Å². The predicted octanol–water partition coefficient (Wildman–Crippen LogP) is 1.22. The monoisotopic (exact) mass is 192 g/mol. The van der Waals surface area contributed by atoms with E-state index in [1.165, 1.54) is 16.9 Å². The van der Waals surface area contributed by atoms with Gasteiger partial charge in [0.1, 0.15) is 0 Å². The van der Waals surface area contributed by atoms with Gasteiger partial charge in [0.25, 0.3) is 0 Å². The Morgan fingerprint density at radius 2 is 2.36 bits per heavy atom. The van der Waals surface area contributed by atoms with Crippen molar-refractivity contribution in [1.29, 1.82) is 0 Å². The molecule has 0 spiro atoms. The van der Waals surface area contributed by atoms with E-state index in [-0.39, 0.29) is 6.61 Å². The van der Waals surface area contributed by atoms with Crippen LogP contribution in [0.15, 0.2) is 18.2 Å². The molecule has 1 heterocycles. The minimum atomic E-state index is 0.216. The van der Waals surface area contributed by atoms with Gasteiger partial charge >= 0.3 is 0 Å². The molecule has 1 aromatic rings. The molecule has 1 aliphatic heterocycles.